The van der Waals surface area contributed by atoms with E-state index in [1.165, 1.54) is 5.56 Å². The summed E-state index contributed by atoms with van der Waals surface area (Å²) in [6.45, 7) is 1.14. The lowest BCUT2D eigenvalue weighted by Crippen LogP contribution is -2.27. The number of ether oxygens (including phenoxy) is 1. The second-order valence-corrected chi connectivity index (χ2v) is 6.98. The van der Waals surface area contributed by atoms with Crippen LogP contribution >= 0.6 is 11.3 Å². The third-order valence-electron chi connectivity index (χ3n) is 4.24. The lowest BCUT2D eigenvalue weighted by Gasteiger charge is -2.25. The van der Waals surface area contributed by atoms with Gasteiger partial charge < -0.3 is 10.1 Å². The van der Waals surface area contributed by atoms with Gasteiger partial charge in [0.1, 0.15) is 5.01 Å². The molecule has 0 fully saturated rings. The summed E-state index contributed by atoms with van der Waals surface area (Å²) in [5, 5.41) is 3.89. The van der Waals surface area contributed by atoms with E-state index in [0.717, 1.165) is 27.2 Å². The molecule has 0 radical (unpaired) electrons. The first-order valence-electron chi connectivity index (χ1n) is 8.10. The molecule has 1 atom stereocenters. The van der Waals surface area contributed by atoms with Crippen molar-refractivity contribution < 1.29 is 9.53 Å². The van der Waals surface area contributed by atoms with Crippen LogP contribution in [0.5, 0.6) is 0 Å². The lowest BCUT2D eigenvalue weighted by atomic mass is 9.96. The fourth-order valence-corrected chi connectivity index (χ4v) is 3.96. The molecule has 0 saturated carbocycles. The maximum atomic E-state index is 12.3. The van der Waals surface area contributed by atoms with Crippen LogP contribution in [0.4, 0.5) is 0 Å². The van der Waals surface area contributed by atoms with E-state index in [9.17, 15) is 4.79 Å². The average Bonchev–Trinajstić information content (AvgIpc) is 3.03. The van der Waals surface area contributed by atoms with Crippen molar-refractivity contribution in [1.29, 1.82) is 0 Å². The van der Waals surface area contributed by atoms with Gasteiger partial charge in [0, 0.05) is 0 Å². The predicted octanol–water partition coefficient (Wildman–Crippen LogP) is 3.62. The van der Waals surface area contributed by atoms with Gasteiger partial charge >= 0.3 is 0 Å². The third-order valence-corrected chi connectivity index (χ3v) is 5.27. The molecule has 2 heterocycles. The Morgan fingerprint density at radius 1 is 1.21 bits per heavy atom. The highest BCUT2D eigenvalue weighted by Gasteiger charge is 2.23. The van der Waals surface area contributed by atoms with Crippen LogP contribution in [0.2, 0.25) is 0 Å². The van der Waals surface area contributed by atoms with Crippen LogP contribution in [-0.4, -0.2) is 17.5 Å². The Bertz CT molecular complexity index is 841. The summed E-state index contributed by atoms with van der Waals surface area (Å²) in [5.41, 5.74) is 3.41. The Morgan fingerprint density at radius 2 is 2.04 bits per heavy atom. The molecule has 24 heavy (non-hydrogen) atoms. The molecule has 4 rings (SSSR count). The number of hydrogen-bond donors (Lipinski definition) is 1. The highest BCUT2D eigenvalue weighted by atomic mass is 32.1. The minimum atomic E-state index is -0.148. The number of carbonyl (C=O) groups excluding carboxylic acids is 1. The fourth-order valence-electron chi connectivity index (χ4n) is 3.06. The summed E-state index contributed by atoms with van der Waals surface area (Å²) in [4.78, 5) is 16.8. The van der Waals surface area contributed by atoms with Gasteiger partial charge in [-0.05, 0) is 29.7 Å². The van der Waals surface area contributed by atoms with Crippen molar-refractivity contribution in [1.82, 2.24) is 10.3 Å². The zero-order valence-electron chi connectivity index (χ0n) is 13.2. The molecule has 0 saturated heterocycles. The van der Waals surface area contributed by atoms with Crippen LogP contribution in [0.1, 0.15) is 28.7 Å². The van der Waals surface area contributed by atoms with Crippen molar-refractivity contribution in [3.8, 4) is 0 Å². The topological polar surface area (TPSA) is 51.2 Å². The van der Waals surface area contributed by atoms with E-state index in [-0.39, 0.29) is 12.0 Å². The number of fused-ring (bicyclic) bond motifs is 2. The van der Waals surface area contributed by atoms with Crippen molar-refractivity contribution in [2.75, 3.05) is 6.61 Å². The maximum absolute atomic E-state index is 12.3. The van der Waals surface area contributed by atoms with E-state index < -0.39 is 0 Å². The molecule has 3 aromatic rings. The second-order valence-electron chi connectivity index (χ2n) is 5.86. The fraction of sp³-hybridized carbons (Fsp3) is 0.263. The van der Waals surface area contributed by atoms with Crippen molar-refractivity contribution in [2.45, 2.75) is 25.5 Å². The van der Waals surface area contributed by atoms with Gasteiger partial charge in [-0.1, -0.05) is 36.4 Å². The molecule has 5 heteroatoms. The summed E-state index contributed by atoms with van der Waals surface area (Å²) >= 11 is 1.62. The molecule has 1 aliphatic rings. The van der Waals surface area contributed by atoms with Crippen LogP contribution in [0.3, 0.4) is 0 Å². The lowest BCUT2D eigenvalue weighted by molar-refractivity contribution is -0.124. The van der Waals surface area contributed by atoms with Gasteiger partial charge in [0.25, 0.3) is 0 Å². The van der Waals surface area contributed by atoms with Crippen molar-refractivity contribution in [3.05, 3.63) is 64.7 Å². The number of amides is 1. The van der Waals surface area contributed by atoms with Crippen LogP contribution in [0.25, 0.3) is 10.2 Å². The van der Waals surface area contributed by atoms with E-state index in [1.54, 1.807) is 11.3 Å². The van der Waals surface area contributed by atoms with Gasteiger partial charge in [0.2, 0.25) is 5.91 Å². The zero-order chi connectivity index (χ0) is 16.4. The average molecular weight is 338 g/mol. The first kappa shape index (κ1) is 15.3. The van der Waals surface area contributed by atoms with E-state index >= 15 is 0 Å². The Labute approximate surface area is 144 Å². The Morgan fingerprint density at radius 3 is 2.96 bits per heavy atom. The Hall–Kier alpha value is -2.24. The molecule has 0 spiro atoms. The van der Waals surface area contributed by atoms with Gasteiger partial charge in [0.15, 0.2) is 0 Å². The van der Waals surface area contributed by atoms with Crippen LogP contribution < -0.4 is 5.32 Å². The van der Waals surface area contributed by atoms with Gasteiger partial charge in [-0.15, -0.1) is 11.3 Å². The monoisotopic (exact) mass is 338 g/mol. The van der Waals surface area contributed by atoms with Crippen molar-refractivity contribution in [3.63, 3.8) is 0 Å². The summed E-state index contributed by atoms with van der Waals surface area (Å²) in [6.07, 6.45) is 1.12. The third kappa shape index (κ3) is 3.18. The van der Waals surface area contributed by atoms with Crippen molar-refractivity contribution in [2.24, 2.45) is 0 Å². The molecular formula is C19H18N2O2S. The van der Waals surface area contributed by atoms with Gasteiger partial charge in [0.05, 0.1) is 35.9 Å². The first-order valence-corrected chi connectivity index (χ1v) is 8.92. The molecule has 1 amide bonds. The van der Waals surface area contributed by atoms with E-state index in [2.05, 4.69) is 22.4 Å². The van der Waals surface area contributed by atoms with E-state index in [4.69, 9.17) is 4.74 Å². The largest absolute Gasteiger partial charge is 0.373 e. The zero-order valence-corrected chi connectivity index (χ0v) is 14.0. The summed E-state index contributed by atoms with van der Waals surface area (Å²) < 4.78 is 6.95. The standard InChI is InChI=1S/C19H18N2O2S/c22-18(11-16-14-6-2-1-5-13(14)9-10-23-16)20-12-19-21-15-7-3-4-8-17(15)24-19/h1-8,16H,9-12H2,(H,20,22)/t16-/m1/s1. The summed E-state index contributed by atoms with van der Waals surface area (Å²) in [7, 11) is 0. The highest BCUT2D eigenvalue weighted by molar-refractivity contribution is 7.18. The quantitative estimate of drug-likeness (QED) is 0.790. The first-order chi connectivity index (χ1) is 11.8. The number of carbonyl (C=O) groups is 1. The minimum absolute atomic E-state index is 0.00374. The second kappa shape index (κ2) is 6.71. The molecule has 0 unspecified atom stereocenters. The van der Waals surface area contributed by atoms with E-state index in [1.807, 2.05) is 36.4 Å². The summed E-state index contributed by atoms with van der Waals surface area (Å²) in [5.74, 6) is -0.00374. The highest BCUT2D eigenvalue weighted by Crippen LogP contribution is 2.29. The number of hydrogen-bond acceptors (Lipinski definition) is 4. The molecule has 2 aromatic carbocycles. The predicted molar refractivity (Wildman–Crippen MR) is 94.9 cm³/mol. The number of aromatic nitrogens is 1. The van der Waals surface area contributed by atoms with Gasteiger partial charge in [-0.25, -0.2) is 4.98 Å². The molecular weight excluding hydrogens is 320 g/mol. The van der Waals surface area contributed by atoms with Crippen LogP contribution in [-0.2, 0) is 22.5 Å². The Kier molecular flexibility index (Phi) is 4.28. The number of para-hydroxylation sites is 1. The van der Waals surface area contributed by atoms with Crippen LogP contribution in [0, 0.1) is 0 Å². The SMILES string of the molecule is O=C(C[C@H]1OCCc2ccccc21)NCc1nc2ccccc2s1. The van der Waals surface area contributed by atoms with Crippen molar-refractivity contribution >= 4 is 27.5 Å². The molecule has 1 N–H and O–H groups in total. The molecule has 0 bridgehead atoms. The molecule has 122 valence electrons. The van der Waals surface area contributed by atoms with Gasteiger partial charge in [-0.3, -0.25) is 4.79 Å². The molecule has 1 aliphatic heterocycles. The Balaban J connectivity index is 1.39. The van der Waals surface area contributed by atoms with Gasteiger partial charge in [-0.2, -0.15) is 0 Å². The minimum Gasteiger partial charge on any atom is -0.373 e. The maximum Gasteiger partial charge on any atom is 0.223 e. The number of benzene rings is 2. The number of thiazole rings is 1. The number of rotatable bonds is 4. The molecule has 4 nitrogen and oxygen atoms in total. The number of nitrogens with one attached hydrogen (secondary N) is 1. The molecule has 0 aliphatic carbocycles. The summed E-state index contributed by atoms with van der Waals surface area (Å²) in [6, 6.07) is 16.2. The smallest absolute Gasteiger partial charge is 0.223 e. The number of nitrogens with zero attached hydrogens (tertiary/aromatic N) is 1. The normalized spacial score (nSPS) is 16.8. The van der Waals surface area contributed by atoms with E-state index in [0.29, 0.717) is 19.6 Å². The molecule has 1 aromatic heterocycles. The van der Waals surface area contributed by atoms with Crippen LogP contribution in [0.15, 0.2) is 48.5 Å².